The van der Waals surface area contributed by atoms with Gasteiger partial charge in [-0.1, -0.05) is 11.8 Å². The molecule has 0 unspecified atom stereocenters. The lowest BCUT2D eigenvalue weighted by atomic mass is 10.2. The molecule has 1 aromatic carbocycles. The van der Waals surface area contributed by atoms with Gasteiger partial charge in [-0.25, -0.2) is 0 Å². The quantitative estimate of drug-likeness (QED) is 0.638. The molecule has 0 aliphatic rings. The number of carbonyl (C=O) groups excluding carboxylic acids is 2. The fraction of sp³-hybridized carbons (Fsp3) is 0.267. The summed E-state index contributed by atoms with van der Waals surface area (Å²) in [6, 6.07) is 7.50. The van der Waals surface area contributed by atoms with Crippen LogP contribution in [-0.2, 0) is 11.3 Å². The SMILES string of the molecule is Cc1cc(C)n(CC(=O)NNC(=O)c2ccc(SC(F)F)cc2)n1. The zero-order chi connectivity index (χ0) is 17.7. The minimum atomic E-state index is -2.52. The van der Waals surface area contributed by atoms with Crippen molar-refractivity contribution in [2.75, 3.05) is 0 Å². The van der Waals surface area contributed by atoms with Crippen LogP contribution in [0.2, 0.25) is 0 Å². The third-order valence-electron chi connectivity index (χ3n) is 3.05. The molecule has 2 N–H and O–H groups in total. The minimum Gasteiger partial charge on any atom is -0.271 e. The first-order valence-electron chi connectivity index (χ1n) is 7.00. The van der Waals surface area contributed by atoms with Gasteiger partial charge in [0.1, 0.15) is 6.54 Å². The van der Waals surface area contributed by atoms with Gasteiger partial charge in [0.2, 0.25) is 0 Å². The number of aromatic nitrogens is 2. The van der Waals surface area contributed by atoms with E-state index in [0.29, 0.717) is 16.7 Å². The predicted octanol–water partition coefficient (Wildman–Crippen LogP) is 2.28. The number of benzene rings is 1. The Morgan fingerprint density at radius 1 is 1.21 bits per heavy atom. The summed E-state index contributed by atoms with van der Waals surface area (Å²) in [5, 5.41) is 4.15. The molecule has 1 heterocycles. The highest BCUT2D eigenvalue weighted by Crippen LogP contribution is 2.24. The Kier molecular flexibility index (Phi) is 5.91. The molecular formula is C15H16F2N4O2S. The van der Waals surface area contributed by atoms with E-state index in [1.165, 1.54) is 28.9 Å². The maximum Gasteiger partial charge on any atom is 0.288 e. The van der Waals surface area contributed by atoms with E-state index in [4.69, 9.17) is 0 Å². The standard InChI is InChI=1S/C15H16F2N4O2S/c1-9-7-10(2)21(20-9)8-13(22)18-19-14(23)11-3-5-12(6-4-11)24-15(16)17/h3-7,15H,8H2,1-2H3,(H,18,22)(H,19,23). The molecule has 0 bridgehead atoms. The van der Waals surface area contributed by atoms with E-state index in [2.05, 4.69) is 16.0 Å². The summed E-state index contributed by atoms with van der Waals surface area (Å²) in [6.07, 6.45) is 0. The van der Waals surface area contributed by atoms with Gasteiger partial charge in [-0.05, 0) is 44.2 Å². The van der Waals surface area contributed by atoms with Crippen molar-refractivity contribution >= 4 is 23.6 Å². The average Bonchev–Trinajstić information content (AvgIpc) is 2.82. The van der Waals surface area contributed by atoms with Crippen molar-refractivity contribution in [3.05, 3.63) is 47.3 Å². The molecule has 9 heteroatoms. The lowest BCUT2D eigenvalue weighted by Gasteiger charge is -2.09. The number of carbonyl (C=O) groups is 2. The van der Waals surface area contributed by atoms with Gasteiger partial charge in [0.25, 0.3) is 17.6 Å². The zero-order valence-corrected chi connectivity index (χ0v) is 13.9. The van der Waals surface area contributed by atoms with E-state index >= 15 is 0 Å². The number of aryl methyl sites for hydroxylation is 2. The van der Waals surface area contributed by atoms with Gasteiger partial charge in [0, 0.05) is 16.2 Å². The average molecular weight is 354 g/mol. The lowest BCUT2D eigenvalue weighted by Crippen LogP contribution is -2.43. The second-order valence-electron chi connectivity index (χ2n) is 4.99. The molecule has 0 saturated heterocycles. The van der Waals surface area contributed by atoms with E-state index in [9.17, 15) is 18.4 Å². The van der Waals surface area contributed by atoms with Crippen LogP contribution in [0.25, 0.3) is 0 Å². The van der Waals surface area contributed by atoms with Crippen LogP contribution in [-0.4, -0.2) is 27.4 Å². The van der Waals surface area contributed by atoms with Crippen LogP contribution in [0.15, 0.2) is 35.2 Å². The Bertz CT molecular complexity index is 732. The molecule has 0 aliphatic heterocycles. The molecule has 0 radical (unpaired) electrons. The van der Waals surface area contributed by atoms with Crippen molar-refractivity contribution in [3.63, 3.8) is 0 Å². The van der Waals surface area contributed by atoms with Crippen LogP contribution in [0.4, 0.5) is 8.78 Å². The van der Waals surface area contributed by atoms with Crippen molar-refractivity contribution in [1.29, 1.82) is 0 Å². The second kappa shape index (κ2) is 7.91. The van der Waals surface area contributed by atoms with Crippen molar-refractivity contribution in [2.24, 2.45) is 0 Å². The van der Waals surface area contributed by atoms with E-state index in [1.807, 2.05) is 19.9 Å². The molecule has 0 saturated carbocycles. The van der Waals surface area contributed by atoms with Gasteiger partial charge >= 0.3 is 0 Å². The molecule has 2 amide bonds. The predicted molar refractivity (Wildman–Crippen MR) is 85.6 cm³/mol. The van der Waals surface area contributed by atoms with Gasteiger partial charge in [-0.15, -0.1) is 0 Å². The van der Waals surface area contributed by atoms with Crippen molar-refractivity contribution < 1.29 is 18.4 Å². The summed E-state index contributed by atoms with van der Waals surface area (Å²) in [4.78, 5) is 24.1. The summed E-state index contributed by atoms with van der Waals surface area (Å²) in [6.45, 7) is 3.62. The van der Waals surface area contributed by atoms with Crippen LogP contribution in [0.1, 0.15) is 21.7 Å². The van der Waals surface area contributed by atoms with E-state index in [-0.39, 0.29) is 12.1 Å². The molecular weight excluding hydrogens is 338 g/mol. The summed E-state index contributed by atoms with van der Waals surface area (Å²) in [5.41, 5.74) is 6.44. The highest BCUT2D eigenvalue weighted by Gasteiger charge is 2.11. The fourth-order valence-corrected chi connectivity index (χ4v) is 2.50. The number of thioether (sulfide) groups is 1. The Hall–Kier alpha value is -2.42. The van der Waals surface area contributed by atoms with Crippen LogP contribution in [0, 0.1) is 13.8 Å². The van der Waals surface area contributed by atoms with Crippen molar-refractivity contribution in [1.82, 2.24) is 20.6 Å². The van der Waals surface area contributed by atoms with Crippen LogP contribution < -0.4 is 10.9 Å². The third kappa shape index (κ3) is 5.05. The molecule has 128 valence electrons. The maximum absolute atomic E-state index is 12.2. The molecule has 0 atom stereocenters. The largest absolute Gasteiger partial charge is 0.288 e. The van der Waals surface area contributed by atoms with E-state index < -0.39 is 17.6 Å². The van der Waals surface area contributed by atoms with Gasteiger partial charge in [-0.2, -0.15) is 13.9 Å². The first-order chi connectivity index (χ1) is 11.3. The number of hydrogen-bond donors (Lipinski definition) is 2. The third-order valence-corrected chi connectivity index (χ3v) is 3.78. The summed E-state index contributed by atoms with van der Waals surface area (Å²) < 4.78 is 26.0. The molecule has 1 aromatic heterocycles. The van der Waals surface area contributed by atoms with Gasteiger partial charge in [0.05, 0.1) is 5.69 Å². The number of nitrogens with one attached hydrogen (secondary N) is 2. The molecule has 0 spiro atoms. The van der Waals surface area contributed by atoms with Gasteiger partial charge < -0.3 is 0 Å². The van der Waals surface area contributed by atoms with Crippen molar-refractivity contribution in [3.8, 4) is 0 Å². The van der Waals surface area contributed by atoms with Crippen LogP contribution >= 0.6 is 11.8 Å². The Labute approximate surface area is 141 Å². The highest BCUT2D eigenvalue weighted by atomic mass is 32.2. The number of hydrogen-bond acceptors (Lipinski definition) is 4. The zero-order valence-electron chi connectivity index (χ0n) is 13.0. The first kappa shape index (κ1) is 17.9. The van der Waals surface area contributed by atoms with Crippen LogP contribution in [0.3, 0.4) is 0 Å². The van der Waals surface area contributed by atoms with E-state index in [1.54, 1.807) is 0 Å². The van der Waals surface area contributed by atoms with Gasteiger partial charge in [0.15, 0.2) is 0 Å². The number of halogens is 2. The number of alkyl halides is 2. The normalized spacial score (nSPS) is 10.7. The molecule has 2 rings (SSSR count). The number of amides is 2. The smallest absolute Gasteiger partial charge is 0.271 e. The van der Waals surface area contributed by atoms with Crippen molar-refractivity contribution in [2.45, 2.75) is 31.0 Å². The summed E-state index contributed by atoms with van der Waals surface area (Å²) in [5.74, 6) is -3.48. The molecule has 6 nitrogen and oxygen atoms in total. The fourth-order valence-electron chi connectivity index (χ4n) is 2.00. The van der Waals surface area contributed by atoms with Gasteiger partial charge in [-0.3, -0.25) is 25.1 Å². The number of hydrazine groups is 1. The number of nitrogens with zero attached hydrogens (tertiary/aromatic N) is 2. The summed E-state index contributed by atoms with van der Waals surface area (Å²) in [7, 11) is 0. The second-order valence-corrected chi connectivity index (χ2v) is 6.05. The first-order valence-corrected chi connectivity index (χ1v) is 7.88. The maximum atomic E-state index is 12.2. The monoisotopic (exact) mass is 354 g/mol. The highest BCUT2D eigenvalue weighted by molar-refractivity contribution is 7.99. The molecule has 0 fully saturated rings. The number of rotatable bonds is 5. The molecule has 24 heavy (non-hydrogen) atoms. The lowest BCUT2D eigenvalue weighted by molar-refractivity contribution is -0.122. The minimum absolute atomic E-state index is 0.0239. The Balaban J connectivity index is 1.86. The molecule has 0 aliphatic carbocycles. The Morgan fingerprint density at radius 2 is 1.88 bits per heavy atom. The summed E-state index contributed by atoms with van der Waals surface area (Å²) >= 11 is 0.397. The molecule has 2 aromatic rings. The Morgan fingerprint density at radius 3 is 2.42 bits per heavy atom. The van der Waals surface area contributed by atoms with E-state index in [0.717, 1.165) is 11.4 Å². The topological polar surface area (TPSA) is 76.0 Å². The van der Waals surface area contributed by atoms with Crippen LogP contribution in [0.5, 0.6) is 0 Å².